The highest BCUT2D eigenvalue weighted by atomic mass is 16.5. The van der Waals surface area contributed by atoms with Crippen LogP contribution in [0.3, 0.4) is 0 Å². The molecule has 0 aliphatic rings. The SMILES string of the molecule is COc1ccc(NC(=O)c2c(O)c3c(C)cccc3n(C)c2=O)cc1. The van der Waals surface area contributed by atoms with Gasteiger partial charge < -0.3 is 19.7 Å². The van der Waals surface area contributed by atoms with Crippen LogP contribution in [0.1, 0.15) is 15.9 Å². The van der Waals surface area contributed by atoms with E-state index >= 15 is 0 Å². The van der Waals surface area contributed by atoms with E-state index in [2.05, 4.69) is 5.32 Å². The summed E-state index contributed by atoms with van der Waals surface area (Å²) < 4.78 is 6.43. The monoisotopic (exact) mass is 338 g/mol. The van der Waals surface area contributed by atoms with Crippen LogP contribution in [0, 0.1) is 6.92 Å². The average molecular weight is 338 g/mol. The van der Waals surface area contributed by atoms with Crippen LogP contribution < -0.4 is 15.6 Å². The Balaban J connectivity index is 2.09. The normalized spacial score (nSPS) is 10.7. The van der Waals surface area contributed by atoms with Gasteiger partial charge in [-0.1, -0.05) is 12.1 Å². The molecule has 1 amide bonds. The highest BCUT2D eigenvalue weighted by molar-refractivity contribution is 6.09. The van der Waals surface area contributed by atoms with Gasteiger partial charge in [-0.2, -0.15) is 0 Å². The number of carbonyl (C=O) groups is 1. The van der Waals surface area contributed by atoms with Crippen molar-refractivity contribution in [2.75, 3.05) is 12.4 Å². The maximum absolute atomic E-state index is 12.6. The number of nitrogens with zero attached hydrogens (tertiary/aromatic N) is 1. The second-order valence-corrected chi connectivity index (χ2v) is 5.74. The van der Waals surface area contributed by atoms with Crippen molar-refractivity contribution in [3.63, 3.8) is 0 Å². The first-order valence-electron chi connectivity index (χ1n) is 7.70. The zero-order valence-electron chi connectivity index (χ0n) is 14.2. The lowest BCUT2D eigenvalue weighted by molar-refractivity contribution is 0.102. The van der Waals surface area contributed by atoms with E-state index in [1.807, 2.05) is 13.0 Å². The number of aryl methyl sites for hydroxylation is 2. The Bertz CT molecular complexity index is 1020. The molecule has 0 aliphatic carbocycles. The fourth-order valence-corrected chi connectivity index (χ4v) is 2.82. The fraction of sp³-hybridized carbons (Fsp3) is 0.158. The minimum absolute atomic E-state index is 0.278. The number of methoxy groups -OCH3 is 1. The molecular weight excluding hydrogens is 320 g/mol. The molecule has 3 aromatic rings. The Morgan fingerprint density at radius 3 is 2.48 bits per heavy atom. The maximum atomic E-state index is 12.6. The highest BCUT2D eigenvalue weighted by Gasteiger charge is 2.22. The van der Waals surface area contributed by atoms with Gasteiger partial charge in [-0.3, -0.25) is 9.59 Å². The number of amides is 1. The summed E-state index contributed by atoms with van der Waals surface area (Å²) in [7, 11) is 3.13. The van der Waals surface area contributed by atoms with Crippen molar-refractivity contribution < 1.29 is 14.6 Å². The van der Waals surface area contributed by atoms with E-state index in [9.17, 15) is 14.7 Å². The molecule has 0 fully saturated rings. The first kappa shape index (κ1) is 16.6. The molecule has 0 aliphatic heterocycles. The van der Waals surface area contributed by atoms with E-state index in [-0.39, 0.29) is 11.3 Å². The molecule has 6 nitrogen and oxygen atoms in total. The summed E-state index contributed by atoms with van der Waals surface area (Å²) in [4.78, 5) is 25.2. The second kappa shape index (κ2) is 6.32. The lowest BCUT2D eigenvalue weighted by atomic mass is 10.0. The van der Waals surface area contributed by atoms with Crippen molar-refractivity contribution in [3.8, 4) is 11.5 Å². The van der Waals surface area contributed by atoms with E-state index in [1.54, 1.807) is 50.6 Å². The summed E-state index contributed by atoms with van der Waals surface area (Å²) in [6, 6.07) is 12.0. The highest BCUT2D eigenvalue weighted by Crippen LogP contribution is 2.29. The van der Waals surface area contributed by atoms with Gasteiger partial charge in [0.15, 0.2) is 0 Å². The molecule has 25 heavy (non-hydrogen) atoms. The molecule has 128 valence electrons. The van der Waals surface area contributed by atoms with E-state index in [1.165, 1.54) is 4.57 Å². The third-order valence-corrected chi connectivity index (χ3v) is 4.18. The number of fused-ring (bicyclic) bond motifs is 1. The van der Waals surface area contributed by atoms with Gasteiger partial charge in [-0.15, -0.1) is 0 Å². The largest absolute Gasteiger partial charge is 0.506 e. The van der Waals surface area contributed by atoms with Gasteiger partial charge in [0.2, 0.25) is 0 Å². The Hall–Kier alpha value is -3.28. The topological polar surface area (TPSA) is 80.6 Å². The van der Waals surface area contributed by atoms with Crippen molar-refractivity contribution in [1.29, 1.82) is 0 Å². The Morgan fingerprint density at radius 1 is 1.16 bits per heavy atom. The van der Waals surface area contributed by atoms with Crippen molar-refractivity contribution in [3.05, 3.63) is 63.9 Å². The van der Waals surface area contributed by atoms with Gasteiger partial charge in [0.1, 0.15) is 17.1 Å². The first-order valence-corrected chi connectivity index (χ1v) is 7.70. The van der Waals surface area contributed by atoms with E-state index in [0.717, 1.165) is 5.56 Å². The van der Waals surface area contributed by atoms with E-state index < -0.39 is 11.5 Å². The molecule has 0 saturated carbocycles. The van der Waals surface area contributed by atoms with Crippen molar-refractivity contribution in [2.24, 2.45) is 7.05 Å². The van der Waals surface area contributed by atoms with E-state index in [0.29, 0.717) is 22.3 Å². The summed E-state index contributed by atoms with van der Waals surface area (Å²) in [6.07, 6.45) is 0. The minimum Gasteiger partial charge on any atom is -0.506 e. The number of aromatic hydroxyl groups is 1. The lowest BCUT2D eigenvalue weighted by Gasteiger charge is -2.13. The van der Waals surface area contributed by atoms with Crippen LogP contribution in [-0.4, -0.2) is 22.7 Å². The zero-order valence-corrected chi connectivity index (χ0v) is 14.2. The number of benzene rings is 2. The molecule has 1 heterocycles. The van der Waals surface area contributed by atoms with Gasteiger partial charge in [0.25, 0.3) is 11.5 Å². The van der Waals surface area contributed by atoms with Gasteiger partial charge in [0.05, 0.1) is 12.6 Å². The quantitative estimate of drug-likeness (QED) is 0.769. The third-order valence-electron chi connectivity index (χ3n) is 4.18. The molecule has 0 unspecified atom stereocenters. The number of anilines is 1. The second-order valence-electron chi connectivity index (χ2n) is 5.74. The molecule has 3 rings (SSSR count). The van der Waals surface area contributed by atoms with Crippen LogP contribution in [0.15, 0.2) is 47.3 Å². The number of ether oxygens (including phenoxy) is 1. The Labute approximate surface area is 144 Å². The summed E-state index contributed by atoms with van der Waals surface area (Å²) in [5.74, 6) is -0.311. The average Bonchev–Trinajstić information content (AvgIpc) is 2.60. The molecule has 0 atom stereocenters. The van der Waals surface area contributed by atoms with Gasteiger partial charge in [0, 0.05) is 18.1 Å². The maximum Gasteiger partial charge on any atom is 0.267 e. The lowest BCUT2D eigenvalue weighted by Crippen LogP contribution is -2.28. The third kappa shape index (κ3) is 2.82. The van der Waals surface area contributed by atoms with E-state index in [4.69, 9.17) is 4.74 Å². The Morgan fingerprint density at radius 2 is 1.84 bits per heavy atom. The van der Waals surface area contributed by atoms with Crippen molar-refractivity contribution >= 4 is 22.5 Å². The van der Waals surface area contributed by atoms with Gasteiger partial charge in [-0.25, -0.2) is 0 Å². The zero-order chi connectivity index (χ0) is 18.1. The molecule has 0 bridgehead atoms. The standard InChI is InChI=1S/C19H18N2O4/c1-11-5-4-6-14-15(11)17(22)16(19(24)21(14)2)18(23)20-12-7-9-13(25-3)10-8-12/h4-10,22H,1-3H3,(H,20,23). The molecule has 0 spiro atoms. The number of hydrogen-bond acceptors (Lipinski definition) is 4. The molecule has 1 aromatic heterocycles. The predicted molar refractivity (Wildman–Crippen MR) is 96.5 cm³/mol. The predicted octanol–water partition coefficient (Wildman–Crippen LogP) is 2.81. The summed E-state index contributed by atoms with van der Waals surface area (Å²) >= 11 is 0. The minimum atomic E-state index is -0.659. The van der Waals surface area contributed by atoms with Gasteiger partial charge >= 0.3 is 0 Å². The van der Waals surface area contributed by atoms with Crippen molar-refractivity contribution in [2.45, 2.75) is 6.92 Å². The first-order chi connectivity index (χ1) is 11.9. The summed E-state index contributed by atoms with van der Waals surface area (Å²) in [6.45, 7) is 1.82. The number of rotatable bonds is 3. The van der Waals surface area contributed by atoms with Gasteiger partial charge in [-0.05, 0) is 42.8 Å². The van der Waals surface area contributed by atoms with Crippen LogP contribution in [0.4, 0.5) is 5.69 Å². The molecule has 0 radical (unpaired) electrons. The number of aromatic nitrogens is 1. The summed E-state index contributed by atoms with van der Waals surface area (Å²) in [5, 5.41) is 13.7. The number of pyridine rings is 1. The number of carbonyl (C=O) groups excluding carboxylic acids is 1. The van der Waals surface area contributed by atoms with Crippen LogP contribution in [0.25, 0.3) is 10.9 Å². The molecule has 6 heteroatoms. The van der Waals surface area contributed by atoms with Crippen LogP contribution in [-0.2, 0) is 7.05 Å². The molecule has 2 aromatic carbocycles. The smallest absolute Gasteiger partial charge is 0.267 e. The van der Waals surface area contributed by atoms with Crippen LogP contribution >= 0.6 is 0 Å². The fourth-order valence-electron chi connectivity index (χ4n) is 2.82. The molecular formula is C19H18N2O4. The Kier molecular flexibility index (Phi) is 4.19. The summed E-state index contributed by atoms with van der Waals surface area (Å²) in [5.41, 5.74) is 1.02. The molecule has 0 saturated heterocycles. The van der Waals surface area contributed by atoms with Crippen molar-refractivity contribution in [1.82, 2.24) is 4.57 Å². The number of nitrogens with one attached hydrogen (secondary N) is 1. The molecule has 2 N–H and O–H groups in total. The van der Waals surface area contributed by atoms with Crippen LogP contribution in [0.2, 0.25) is 0 Å². The number of hydrogen-bond donors (Lipinski definition) is 2. The van der Waals surface area contributed by atoms with Crippen LogP contribution in [0.5, 0.6) is 11.5 Å².